The molecule has 132 valence electrons. The number of hydrogen-bond acceptors (Lipinski definition) is 6. The molecule has 25 heavy (non-hydrogen) atoms. The SMILES string of the molecule is COc1ccccc1OCC(=O)N1C[C@@H](Cc2cnccn2)[C@H](O)C1. The Hall–Kier alpha value is -2.67. The number of likely N-dealkylation sites (tertiary alicyclic amines) is 1. The van der Waals surface area contributed by atoms with E-state index in [1.54, 1.807) is 42.7 Å². The Kier molecular flexibility index (Phi) is 5.45. The van der Waals surface area contributed by atoms with Crippen LogP contribution in [0.15, 0.2) is 42.9 Å². The zero-order valence-electron chi connectivity index (χ0n) is 14.0. The molecule has 1 aliphatic rings. The lowest BCUT2D eigenvalue weighted by atomic mass is 10.0. The lowest BCUT2D eigenvalue weighted by molar-refractivity contribution is -0.132. The standard InChI is InChI=1S/C18H21N3O4/c1-24-16-4-2-3-5-17(16)25-12-18(23)21-10-13(15(22)11-21)8-14-9-19-6-7-20-14/h2-7,9,13,15,22H,8,10-12H2,1H3/t13-,15-/m1/s1. The molecule has 1 aromatic heterocycles. The second kappa shape index (κ2) is 7.94. The minimum Gasteiger partial charge on any atom is -0.493 e. The Bertz CT molecular complexity index is 710. The van der Waals surface area contributed by atoms with Crippen LogP contribution < -0.4 is 9.47 Å². The van der Waals surface area contributed by atoms with Gasteiger partial charge in [0.2, 0.25) is 0 Å². The number of aromatic nitrogens is 2. The summed E-state index contributed by atoms with van der Waals surface area (Å²) in [5, 5.41) is 10.2. The molecule has 0 aliphatic carbocycles. The molecule has 0 saturated carbocycles. The molecule has 1 saturated heterocycles. The first-order valence-electron chi connectivity index (χ1n) is 8.14. The predicted molar refractivity (Wildman–Crippen MR) is 90.3 cm³/mol. The molecular formula is C18H21N3O4. The van der Waals surface area contributed by atoms with E-state index in [1.807, 2.05) is 12.1 Å². The van der Waals surface area contributed by atoms with E-state index >= 15 is 0 Å². The van der Waals surface area contributed by atoms with Crippen LogP contribution in [0.25, 0.3) is 0 Å². The Morgan fingerprint density at radius 2 is 2.08 bits per heavy atom. The highest BCUT2D eigenvalue weighted by Gasteiger charge is 2.34. The average molecular weight is 343 g/mol. The monoisotopic (exact) mass is 343 g/mol. The van der Waals surface area contributed by atoms with Crippen molar-refractivity contribution in [2.45, 2.75) is 12.5 Å². The summed E-state index contributed by atoms with van der Waals surface area (Å²) in [5.41, 5.74) is 0.811. The van der Waals surface area contributed by atoms with Gasteiger partial charge in [0.15, 0.2) is 18.1 Å². The van der Waals surface area contributed by atoms with Gasteiger partial charge in [-0.1, -0.05) is 12.1 Å². The van der Waals surface area contributed by atoms with E-state index in [9.17, 15) is 9.90 Å². The Morgan fingerprint density at radius 1 is 1.28 bits per heavy atom. The van der Waals surface area contributed by atoms with Crippen LogP contribution in [0.2, 0.25) is 0 Å². The number of aliphatic hydroxyl groups excluding tert-OH is 1. The Balaban J connectivity index is 1.54. The number of nitrogens with zero attached hydrogens (tertiary/aromatic N) is 3. The number of aliphatic hydroxyl groups is 1. The van der Waals surface area contributed by atoms with Crippen molar-refractivity contribution in [1.29, 1.82) is 0 Å². The van der Waals surface area contributed by atoms with Crippen molar-refractivity contribution in [1.82, 2.24) is 14.9 Å². The minimum atomic E-state index is -0.572. The van der Waals surface area contributed by atoms with Crippen molar-refractivity contribution < 1.29 is 19.4 Å². The molecule has 2 heterocycles. The molecule has 0 radical (unpaired) electrons. The number of ether oxygens (including phenoxy) is 2. The second-order valence-corrected chi connectivity index (χ2v) is 5.97. The van der Waals surface area contributed by atoms with Gasteiger partial charge in [-0.3, -0.25) is 14.8 Å². The van der Waals surface area contributed by atoms with Crippen LogP contribution in [0.5, 0.6) is 11.5 Å². The molecule has 7 nitrogen and oxygen atoms in total. The molecular weight excluding hydrogens is 322 g/mol. The third-order valence-electron chi connectivity index (χ3n) is 4.27. The van der Waals surface area contributed by atoms with Crippen molar-refractivity contribution in [3.8, 4) is 11.5 Å². The number of hydrogen-bond donors (Lipinski definition) is 1. The first-order chi connectivity index (χ1) is 12.2. The Labute approximate surface area is 146 Å². The number of rotatable bonds is 6. The van der Waals surface area contributed by atoms with Crippen molar-refractivity contribution >= 4 is 5.91 Å². The second-order valence-electron chi connectivity index (χ2n) is 5.97. The maximum Gasteiger partial charge on any atom is 0.260 e. The Morgan fingerprint density at radius 3 is 2.80 bits per heavy atom. The molecule has 0 unspecified atom stereocenters. The summed E-state index contributed by atoms with van der Waals surface area (Å²) in [6, 6.07) is 7.18. The molecule has 3 rings (SSSR count). The van der Waals surface area contributed by atoms with Gasteiger partial charge in [-0.25, -0.2) is 0 Å². The topological polar surface area (TPSA) is 84.8 Å². The highest BCUT2D eigenvalue weighted by molar-refractivity contribution is 5.78. The zero-order valence-corrected chi connectivity index (χ0v) is 14.0. The largest absolute Gasteiger partial charge is 0.493 e. The number of benzene rings is 1. The first-order valence-corrected chi connectivity index (χ1v) is 8.14. The fraction of sp³-hybridized carbons (Fsp3) is 0.389. The third kappa shape index (κ3) is 4.24. The van der Waals surface area contributed by atoms with Gasteiger partial charge in [-0.15, -0.1) is 0 Å². The van der Waals surface area contributed by atoms with Gasteiger partial charge in [0.05, 0.1) is 18.9 Å². The van der Waals surface area contributed by atoms with Crippen LogP contribution in [0.4, 0.5) is 0 Å². The molecule has 1 amide bonds. The fourth-order valence-electron chi connectivity index (χ4n) is 2.93. The summed E-state index contributed by atoms with van der Waals surface area (Å²) < 4.78 is 10.8. The van der Waals surface area contributed by atoms with E-state index in [-0.39, 0.29) is 18.4 Å². The van der Waals surface area contributed by atoms with Crippen molar-refractivity contribution in [2.75, 3.05) is 26.8 Å². The molecule has 2 atom stereocenters. The highest BCUT2D eigenvalue weighted by atomic mass is 16.5. The van der Waals surface area contributed by atoms with Crippen LogP contribution in [0.1, 0.15) is 5.69 Å². The van der Waals surface area contributed by atoms with Crippen LogP contribution in [0.3, 0.4) is 0 Å². The van der Waals surface area contributed by atoms with Crippen molar-refractivity contribution in [3.63, 3.8) is 0 Å². The molecule has 0 spiro atoms. The molecule has 2 aromatic rings. The van der Waals surface area contributed by atoms with E-state index in [4.69, 9.17) is 9.47 Å². The summed E-state index contributed by atoms with van der Waals surface area (Å²) in [6.45, 7) is 0.690. The summed E-state index contributed by atoms with van der Waals surface area (Å²) in [5.74, 6) is 0.894. The van der Waals surface area contributed by atoms with Gasteiger partial charge in [0.25, 0.3) is 5.91 Å². The van der Waals surface area contributed by atoms with Gasteiger partial charge in [-0.2, -0.15) is 0 Å². The maximum atomic E-state index is 12.4. The van der Waals surface area contributed by atoms with E-state index in [2.05, 4.69) is 9.97 Å². The summed E-state index contributed by atoms with van der Waals surface area (Å²) in [4.78, 5) is 22.3. The van der Waals surface area contributed by atoms with E-state index in [0.717, 1.165) is 5.69 Å². The van der Waals surface area contributed by atoms with Crippen LogP contribution in [-0.4, -0.2) is 58.8 Å². The van der Waals surface area contributed by atoms with Gasteiger partial charge in [-0.05, 0) is 18.6 Å². The van der Waals surface area contributed by atoms with Gasteiger partial charge in [0.1, 0.15) is 0 Å². The normalized spacial score (nSPS) is 19.7. The number of carbonyl (C=O) groups is 1. The summed E-state index contributed by atoms with van der Waals surface area (Å²) >= 11 is 0. The highest BCUT2D eigenvalue weighted by Crippen LogP contribution is 2.26. The van der Waals surface area contributed by atoms with Crippen LogP contribution >= 0.6 is 0 Å². The van der Waals surface area contributed by atoms with E-state index in [0.29, 0.717) is 31.0 Å². The average Bonchev–Trinajstić information content (AvgIpc) is 3.01. The van der Waals surface area contributed by atoms with Gasteiger partial charge >= 0.3 is 0 Å². The quantitative estimate of drug-likeness (QED) is 0.840. The van der Waals surface area contributed by atoms with Gasteiger partial charge in [0, 0.05) is 37.6 Å². The van der Waals surface area contributed by atoms with Gasteiger partial charge < -0.3 is 19.5 Å². The number of β-amino-alcohol motifs (C(OH)–C–C–N with tert-alkyl or cyclic N) is 1. The molecule has 1 fully saturated rings. The van der Waals surface area contributed by atoms with Crippen molar-refractivity contribution in [3.05, 3.63) is 48.5 Å². The smallest absolute Gasteiger partial charge is 0.260 e. The molecule has 1 aromatic carbocycles. The third-order valence-corrected chi connectivity index (χ3v) is 4.27. The fourth-order valence-corrected chi connectivity index (χ4v) is 2.93. The van der Waals surface area contributed by atoms with Crippen molar-refractivity contribution in [2.24, 2.45) is 5.92 Å². The molecule has 1 aliphatic heterocycles. The van der Waals surface area contributed by atoms with Crippen LogP contribution in [-0.2, 0) is 11.2 Å². The van der Waals surface area contributed by atoms with E-state index < -0.39 is 6.10 Å². The minimum absolute atomic E-state index is 0.0492. The summed E-state index contributed by atoms with van der Waals surface area (Å²) in [7, 11) is 1.55. The molecule has 1 N–H and O–H groups in total. The molecule has 0 bridgehead atoms. The molecule has 7 heteroatoms. The number of para-hydroxylation sites is 2. The number of methoxy groups -OCH3 is 1. The first kappa shape index (κ1) is 17.2. The number of amides is 1. The lowest BCUT2D eigenvalue weighted by Crippen LogP contribution is -2.33. The lowest BCUT2D eigenvalue weighted by Gasteiger charge is -2.17. The zero-order chi connectivity index (χ0) is 17.6. The predicted octanol–water partition coefficient (Wildman–Crippen LogP) is 0.926. The van der Waals surface area contributed by atoms with Crippen LogP contribution in [0, 0.1) is 5.92 Å². The maximum absolute atomic E-state index is 12.4. The van der Waals surface area contributed by atoms with E-state index in [1.165, 1.54) is 0 Å². The number of carbonyl (C=O) groups excluding carboxylic acids is 1. The summed E-state index contributed by atoms with van der Waals surface area (Å²) in [6.07, 6.45) is 4.94.